The second kappa shape index (κ2) is 6.34. The Bertz CT molecular complexity index is 361. The molecule has 15 heavy (non-hydrogen) atoms. The molecule has 0 aliphatic rings. The number of hydrogen-bond donors (Lipinski definition) is 0. The molecule has 1 atom stereocenters. The normalized spacial score (nSPS) is 12.1. The summed E-state index contributed by atoms with van der Waals surface area (Å²) < 4.78 is 11.0. The Morgan fingerprint density at radius 1 is 1.67 bits per heavy atom. The zero-order valence-corrected chi connectivity index (χ0v) is 11.3. The van der Waals surface area contributed by atoms with Crippen LogP contribution in [0.1, 0.15) is 16.7 Å². The minimum absolute atomic E-state index is 0.619. The van der Waals surface area contributed by atoms with Crippen molar-refractivity contribution < 1.29 is 9.05 Å². The smallest absolute Gasteiger partial charge is 0.298 e. The highest BCUT2D eigenvalue weighted by molar-refractivity contribution is 8.52. The van der Waals surface area contributed by atoms with E-state index in [9.17, 15) is 0 Å². The van der Waals surface area contributed by atoms with E-state index in [0.717, 1.165) is 4.88 Å². The maximum absolute atomic E-state index is 8.89. The lowest BCUT2D eigenvalue weighted by molar-refractivity contribution is 0.347. The Morgan fingerprint density at radius 2 is 2.40 bits per heavy atom. The van der Waals surface area contributed by atoms with E-state index in [4.69, 9.17) is 14.3 Å². The van der Waals surface area contributed by atoms with Gasteiger partial charge >= 0.3 is 0 Å². The van der Waals surface area contributed by atoms with Crippen molar-refractivity contribution in [2.75, 3.05) is 12.9 Å². The van der Waals surface area contributed by atoms with Crippen molar-refractivity contribution in [2.24, 2.45) is 0 Å². The standard InChI is InChI=1S/C9H12NO2PS2/c1-4-11-13(14-3)12-8-5-7(2)15-9(8)6-10/h5H,4H2,1-3H3. The number of thiophene rings is 1. The second-order valence-corrected chi connectivity index (χ2v) is 7.08. The molecule has 1 heterocycles. The van der Waals surface area contributed by atoms with Gasteiger partial charge in [0.25, 0.3) is 7.58 Å². The molecule has 6 heteroatoms. The fourth-order valence-corrected chi connectivity index (χ4v) is 3.58. The summed E-state index contributed by atoms with van der Waals surface area (Å²) in [6, 6.07) is 4.01. The van der Waals surface area contributed by atoms with Gasteiger partial charge in [-0.1, -0.05) is 11.4 Å². The van der Waals surface area contributed by atoms with E-state index in [2.05, 4.69) is 6.07 Å². The van der Waals surface area contributed by atoms with Gasteiger partial charge in [0.05, 0.1) is 6.61 Å². The number of aryl methyl sites for hydroxylation is 1. The Morgan fingerprint density at radius 3 is 2.93 bits per heavy atom. The number of rotatable bonds is 5. The van der Waals surface area contributed by atoms with Crippen LogP contribution in [0.25, 0.3) is 0 Å². The van der Waals surface area contributed by atoms with E-state index in [1.54, 1.807) is 0 Å². The summed E-state index contributed by atoms with van der Waals surface area (Å²) in [6.45, 7) is 4.51. The van der Waals surface area contributed by atoms with E-state index >= 15 is 0 Å². The van der Waals surface area contributed by atoms with Gasteiger partial charge in [-0.2, -0.15) is 5.26 Å². The summed E-state index contributed by atoms with van der Waals surface area (Å²) in [5.74, 6) is 0.647. The topological polar surface area (TPSA) is 42.2 Å². The van der Waals surface area contributed by atoms with E-state index in [0.29, 0.717) is 17.2 Å². The minimum atomic E-state index is -0.971. The first-order valence-electron chi connectivity index (χ1n) is 4.37. The second-order valence-electron chi connectivity index (χ2n) is 2.58. The molecule has 0 aromatic carbocycles. The molecule has 3 nitrogen and oxygen atoms in total. The van der Waals surface area contributed by atoms with Crippen LogP contribution in [-0.4, -0.2) is 12.9 Å². The summed E-state index contributed by atoms with van der Waals surface area (Å²) in [5.41, 5.74) is 0. The summed E-state index contributed by atoms with van der Waals surface area (Å²) >= 11 is 2.98. The van der Waals surface area contributed by atoms with Crippen molar-refractivity contribution in [3.05, 3.63) is 15.8 Å². The van der Waals surface area contributed by atoms with Gasteiger partial charge in [-0.25, -0.2) is 0 Å². The molecule has 1 aromatic heterocycles. The maximum atomic E-state index is 8.89. The van der Waals surface area contributed by atoms with Gasteiger partial charge in [0.2, 0.25) is 0 Å². The number of hydrogen-bond acceptors (Lipinski definition) is 5. The average Bonchev–Trinajstić information content (AvgIpc) is 2.58. The van der Waals surface area contributed by atoms with Crippen LogP contribution in [0.4, 0.5) is 0 Å². The van der Waals surface area contributed by atoms with Crippen molar-refractivity contribution in [3.8, 4) is 11.8 Å². The zero-order valence-electron chi connectivity index (χ0n) is 8.81. The first-order valence-corrected chi connectivity index (χ1v) is 8.19. The Kier molecular flexibility index (Phi) is 5.41. The molecule has 0 saturated carbocycles. The van der Waals surface area contributed by atoms with Crippen LogP contribution >= 0.6 is 30.3 Å². The van der Waals surface area contributed by atoms with Crippen LogP contribution in [-0.2, 0) is 4.52 Å². The van der Waals surface area contributed by atoms with Crippen LogP contribution in [0, 0.1) is 18.3 Å². The molecule has 0 fully saturated rings. The summed E-state index contributed by atoms with van der Waals surface area (Å²) in [4.78, 5) is 1.70. The lowest BCUT2D eigenvalue weighted by Gasteiger charge is -2.13. The summed E-state index contributed by atoms with van der Waals surface area (Å²) in [5, 5.41) is 8.89. The molecule has 1 unspecified atom stereocenters. The number of nitrogens with zero attached hydrogens (tertiary/aromatic N) is 1. The predicted molar refractivity (Wildman–Crippen MR) is 66.5 cm³/mol. The third-order valence-corrected chi connectivity index (χ3v) is 4.96. The molecule has 0 amide bonds. The highest BCUT2D eigenvalue weighted by Crippen LogP contribution is 2.51. The molecule has 1 rings (SSSR count). The molecule has 1 aromatic rings. The molecule has 0 aliphatic carbocycles. The molecule has 0 bridgehead atoms. The monoisotopic (exact) mass is 261 g/mol. The van der Waals surface area contributed by atoms with Gasteiger partial charge in [-0.05, 0) is 26.2 Å². The largest absolute Gasteiger partial charge is 0.437 e. The predicted octanol–water partition coefficient (Wildman–Crippen LogP) is 3.93. The molecular formula is C9H12NO2PS2. The third-order valence-electron chi connectivity index (χ3n) is 1.48. The van der Waals surface area contributed by atoms with E-state index in [1.165, 1.54) is 22.7 Å². The first-order chi connectivity index (χ1) is 7.21. The van der Waals surface area contributed by atoms with Gasteiger partial charge in [0.15, 0.2) is 5.75 Å². The van der Waals surface area contributed by atoms with Crippen LogP contribution in [0.2, 0.25) is 0 Å². The Balaban J connectivity index is 2.74. The minimum Gasteiger partial charge on any atom is -0.437 e. The highest BCUT2D eigenvalue weighted by atomic mass is 32.7. The molecule has 0 spiro atoms. The molecule has 0 radical (unpaired) electrons. The zero-order chi connectivity index (χ0) is 11.3. The quantitative estimate of drug-likeness (QED) is 0.753. The Hall–Kier alpha value is -0.270. The molecule has 0 saturated heterocycles. The summed E-state index contributed by atoms with van der Waals surface area (Å²) in [7, 11) is -0.971. The van der Waals surface area contributed by atoms with Crippen molar-refractivity contribution in [3.63, 3.8) is 0 Å². The van der Waals surface area contributed by atoms with Gasteiger partial charge in [0.1, 0.15) is 10.9 Å². The molecule has 0 aliphatic heterocycles. The van der Waals surface area contributed by atoms with Crippen LogP contribution < -0.4 is 4.52 Å². The van der Waals surface area contributed by atoms with E-state index in [1.807, 2.05) is 26.2 Å². The summed E-state index contributed by atoms with van der Waals surface area (Å²) in [6.07, 6.45) is 1.94. The van der Waals surface area contributed by atoms with E-state index in [-0.39, 0.29) is 0 Å². The number of nitriles is 1. The Labute approximate surface area is 99.1 Å². The van der Waals surface area contributed by atoms with Crippen molar-refractivity contribution in [1.82, 2.24) is 0 Å². The maximum Gasteiger partial charge on any atom is 0.298 e. The fourth-order valence-electron chi connectivity index (χ4n) is 0.939. The SMILES string of the molecule is CCOP(Oc1cc(C)sc1C#N)SC. The highest BCUT2D eigenvalue weighted by Gasteiger charge is 2.15. The van der Waals surface area contributed by atoms with Crippen LogP contribution in [0.15, 0.2) is 6.07 Å². The lowest BCUT2D eigenvalue weighted by Crippen LogP contribution is -1.89. The van der Waals surface area contributed by atoms with Crippen LogP contribution in [0.5, 0.6) is 5.75 Å². The molecule has 82 valence electrons. The van der Waals surface area contributed by atoms with E-state index < -0.39 is 7.58 Å². The average molecular weight is 261 g/mol. The van der Waals surface area contributed by atoms with Crippen molar-refractivity contribution >= 4 is 30.3 Å². The van der Waals surface area contributed by atoms with Crippen LogP contribution in [0.3, 0.4) is 0 Å². The molecule has 0 N–H and O–H groups in total. The lowest BCUT2D eigenvalue weighted by atomic mass is 10.4. The van der Waals surface area contributed by atoms with Gasteiger partial charge in [-0.15, -0.1) is 11.3 Å². The fraction of sp³-hybridized carbons (Fsp3) is 0.444. The van der Waals surface area contributed by atoms with Gasteiger partial charge in [-0.3, -0.25) is 0 Å². The first kappa shape index (κ1) is 12.8. The van der Waals surface area contributed by atoms with Crippen molar-refractivity contribution in [2.45, 2.75) is 13.8 Å². The van der Waals surface area contributed by atoms with Gasteiger partial charge < -0.3 is 9.05 Å². The molecular weight excluding hydrogens is 249 g/mol. The van der Waals surface area contributed by atoms with Gasteiger partial charge in [0, 0.05) is 4.88 Å². The van der Waals surface area contributed by atoms with Crippen molar-refractivity contribution in [1.29, 1.82) is 5.26 Å². The third kappa shape index (κ3) is 3.66.